The molecule has 2 heterocycles. The van der Waals surface area contributed by atoms with E-state index >= 15 is 0 Å². The maximum atomic E-state index is 5.84. The number of rotatable bonds is 3. The summed E-state index contributed by atoms with van der Waals surface area (Å²) in [7, 11) is 0. The monoisotopic (exact) mass is 259 g/mol. The van der Waals surface area contributed by atoms with Crippen molar-refractivity contribution in [2.75, 3.05) is 11.1 Å². The van der Waals surface area contributed by atoms with E-state index in [2.05, 4.69) is 9.69 Å². The van der Waals surface area contributed by atoms with E-state index in [1.54, 1.807) is 11.3 Å². The molecular weight excluding hydrogens is 250 g/mol. The highest BCUT2D eigenvalue weighted by Crippen LogP contribution is 2.27. The molecule has 0 atom stereocenters. The molecule has 80 valence electrons. The third-order valence-corrected chi connectivity index (χ3v) is 4.16. The van der Waals surface area contributed by atoms with Crippen molar-refractivity contribution >= 4 is 45.3 Å². The lowest BCUT2D eigenvalue weighted by atomic mass is 10.3. The quantitative estimate of drug-likeness (QED) is 0.889. The zero-order chi connectivity index (χ0) is 10.8. The van der Waals surface area contributed by atoms with Gasteiger partial charge in [0.1, 0.15) is 10.8 Å². The first-order valence-electron chi connectivity index (χ1n) is 4.36. The van der Waals surface area contributed by atoms with Crippen molar-refractivity contribution in [1.82, 2.24) is 4.37 Å². The van der Waals surface area contributed by atoms with Gasteiger partial charge in [-0.3, -0.25) is 0 Å². The van der Waals surface area contributed by atoms with Gasteiger partial charge >= 0.3 is 0 Å². The minimum Gasteiger partial charge on any atom is -0.383 e. The summed E-state index contributed by atoms with van der Waals surface area (Å²) in [6.45, 7) is 2.72. The van der Waals surface area contributed by atoms with Crippen LogP contribution in [0.15, 0.2) is 12.1 Å². The molecular formula is C9H10ClN3S2. The molecule has 0 radical (unpaired) electrons. The van der Waals surface area contributed by atoms with Crippen LogP contribution in [0.3, 0.4) is 0 Å². The number of hydrogen-bond donors (Lipinski definition) is 2. The smallest absolute Gasteiger partial charge is 0.142 e. The number of nitrogens with zero attached hydrogens (tertiary/aromatic N) is 1. The standard InChI is InChI=1S/C9H10ClN3S2/c1-5-8(11)13-15-9(5)12-4-6-2-3-7(10)14-6/h2-3,12H,4H2,1H3,(H2,11,13). The number of halogens is 1. The second-order valence-electron chi connectivity index (χ2n) is 3.08. The van der Waals surface area contributed by atoms with Gasteiger partial charge in [-0.1, -0.05) is 11.6 Å². The fourth-order valence-electron chi connectivity index (χ4n) is 1.13. The van der Waals surface area contributed by atoms with Crippen LogP contribution in [0.2, 0.25) is 4.34 Å². The lowest BCUT2D eigenvalue weighted by Crippen LogP contribution is -1.97. The molecule has 0 amide bonds. The summed E-state index contributed by atoms with van der Waals surface area (Å²) in [5, 5.41) is 4.32. The Balaban J connectivity index is 2.02. The van der Waals surface area contributed by atoms with Gasteiger partial charge in [-0.2, -0.15) is 4.37 Å². The van der Waals surface area contributed by atoms with Crippen molar-refractivity contribution in [2.45, 2.75) is 13.5 Å². The molecule has 2 aromatic rings. The number of anilines is 2. The maximum Gasteiger partial charge on any atom is 0.142 e. The Morgan fingerprint density at radius 2 is 2.33 bits per heavy atom. The normalized spacial score (nSPS) is 10.5. The molecule has 0 saturated heterocycles. The van der Waals surface area contributed by atoms with Gasteiger partial charge < -0.3 is 11.1 Å². The topological polar surface area (TPSA) is 50.9 Å². The van der Waals surface area contributed by atoms with Crippen LogP contribution in [0.4, 0.5) is 10.8 Å². The van der Waals surface area contributed by atoms with Crippen molar-refractivity contribution in [3.05, 3.63) is 26.9 Å². The van der Waals surface area contributed by atoms with E-state index in [9.17, 15) is 0 Å². The van der Waals surface area contributed by atoms with Gasteiger partial charge in [0.2, 0.25) is 0 Å². The van der Waals surface area contributed by atoms with Gasteiger partial charge in [0.25, 0.3) is 0 Å². The predicted octanol–water partition coefficient (Wildman–Crippen LogP) is 3.36. The molecule has 0 aliphatic carbocycles. The van der Waals surface area contributed by atoms with E-state index in [1.165, 1.54) is 16.4 Å². The Labute approximate surface area is 101 Å². The van der Waals surface area contributed by atoms with E-state index in [4.69, 9.17) is 17.3 Å². The summed E-state index contributed by atoms with van der Waals surface area (Å²) >= 11 is 8.80. The second-order valence-corrected chi connectivity index (χ2v) is 5.65. The van der Waals surface area contributed by atoms with E-state index in [1.807, 2.05) is 19.1 Å². The van der Waals surface area contributed by atoms with Crippen molar-refractivity contribution in [3.8, 4) is 0 Å². The average Bonchev–Trinajstić information content (AvgIpc) is 2.74. The second kappa shape index (κ2) is 4.38. The van der Waals surface area contributed by atoms with Crippen LogP contribution in [0, 0.1) is 6.92 Å². The molecule has 0 aromatic carbocycles. The largest absolute Gasteiger partial charge is 0.383 e. The molecule has 0 bridgehead atoms. The third-order valence-electron chi connectivity index (χ3n) is 2.01. The Morgan fingerprint density at radius 3 is 2.87 bits per heavy atom. The van der Waals surface area contributed by atoms with Gasteiger partial charge in [-0.15, -0.1) is 11.3 Å². The van der Waals surface area contributed by atoms with E-state index in [-0.39, 0.29) is 0 Å². The molecule has 0 saturated carbocycles. The van der Waals surface area contributed by atoms with Crippen LogP contribution in [-0.4, -0.2) is 4.37 Å². The van der Waals surface area contributed by atoms with Crippen LogP contribution in [0.25, 0.3) is 0 Å². The van der Waals surface area contributed by atoms with E-state index < -0.39 is 0 Å². The van der Waals surface area contributed by atoms with Crippen molar-refractivity contribution < 1.29 is 0 Å². The summed E-state index contributed by atoms with van der Waals surface area (Å²) in [4.78, 5) is 1.20. The zero-order valence-electron chi connectivity index (χ0n) is 8.08. The van der Waals surface area contributed by atoms with Crippen LogP contribution >= 0.6 is 34.5 Å². The fourth-order valence-corrected chi connectivity index (χ4v) is 2.86. The molecule has 0 fully saturated rings. The van der Waals surface area contributed by atoms with E-state index in [0.29, 0.717) is 5.82 Å². The highest BCUT2D eigenvalue weighted by atomic mass is 35.5. The molecule has 0 spiro atoms. The average molecular weight is 260 g/mol. The van der Waals surface area contributed by atoms with Crippen LogP contribution in [0.1, 0.15) is 10.4 Å². The van der Waals surface area contributed by atoms with Gasteiger partial charge in [-0.25, -0.2) is 0 Å². The molecule has 0 unspecified atom stereocenters. The number of nitrogens with one attached hydrogen (secondary N) is 1. The maximum absolute atomic E-state index is 5.84. The molecule has 0 aliphatic heterocycles. The molecule has 6 heteroatoms. The summed E-state index contributed by atoms with van der Waals surface area (Å²) in [6.07, 6.45) is 0. The third kappa shape index (κ3) is 2.42. The number of thiophene rings is 1. The lowest BCUT2D eigenvalue weighted by molar-refractivity contribution is 1.20. The van der Waals surface area contributed by atoms with Crippen LogP contribution in [0.5, 0.6) is 0 Å². The zero-order valence-corrected chi connectivity index (χ0v) is 10.5. The van der Waals surface area contributed by atoms with Gasteiger partial charge in [0.05, 0.1) is 10.9 Å². The number of nitrogen functional groups attached to an aromatic ring is 1. The van der Waals surface area contributed by atoms with Crippen LogP contribution in [-0.2, 0) is 6.54 Å². The highest BCUT2D eigenvalue weighted by Gasteiger charge is 2.06. The van der Waals surface area contributed by atoms with Gasteiger partial charge in [-0.05, 0) is 30.6 Å². The molecule has 3 N–H and O–H groups in total. The van der Waals surface area contributed by atoms with Crippen LogP contribution < -0.4 is 11.1 Å². The first-order chi connectivity index (χ1) is 7.16. The molecule has 0 aliphatic rings. The van der Waals surface area contributed by atoms with Gasteiger partial charge in [0.15, 0.2) is 0 Å². The summed E-state index contributed by atoms with van der Waals surface area (Å²) in [5.74, 6) is 0.603. The Hall–Kier alpha value is -0.780. The fraction of sp³-hybridized carbons (Fsp3) is 0.222. The summed E-state index contributed by atoms with van der Waals surface area (Å²) < 4.78 is 4.88. The van der Waals surface area contributed by atoms with Crippen molar-refractivity contribution in [3.63, 3.8) is 0 Å². The number of nitrogens with two attached hydrogens (primary N) is 1. The minimum absolute atomic E-state index is 0.603. The Bertz CT molecular complexity index is 464. The number of hydrogen-bond acceptors (Lipinski definition) is 5. The molecule has 2 rings (SSSR count). The Kier molecular flexibility index (Phi) is 3.14. The SMILES string of the molecule is Cc1c(N)nsc1NCc1ccc(Cl)s1. The number of aromatic nitrogens is 1. The first-order valence-corrected chi connectivity index (χ1v) is 6.33. The Morgan fingerprint density at radius 1 is 1.53 bits per heavy atom. The van der Waals surface area contributed by atoms with Gasteiger partial charge in [0, 0.05) is 10.4 Å². The highest BCUT2D eigenvalue weighted by molar-refractivity contribution is 7.16. The lowest BCUT2D eigenvalue weighted by Gasteiger charge is -2.01. The minimum atomic E-state index is 0.603. The predicted molar refractivity (Wildman–Crippen MR) is 67.9 cm³/mol. The van der Waals surface area contributed by atoms with Crippen molar-refractivity contribution in [2.24, 2.45) is 0 Å². The first kappa shape index (κ1) is 10.7. The molecule has 15 heavy (non-hydrogen) atoms. The molecule has 3 nitrogen and oxygen atoms in total. The molecule has 2 aromatic heterocycles. The summed E-state index contributed by atoms with van der Waals surface area (Å²) in [5.41, 5.74) is 6.67. The van der Waals surface area contributed by atoms with E-state index in [0.717, 1.165) is 21.4 Å². The van der Waals surface area contributed by atoms with Crippen molar-refractivity contribution in [1.29, 1.82) is 0 Å². The summed E-state index contributed by atoms with van der Waals surface area (Å²) in [6, 6.07) is 3.91.